The van der Waals surface area contributed by atoms with Gasteiger partial charge in [0.05, 0.1) is 5.66 Å². The molecule has 2 heteroatoms. The lowest BCUT2D eigenvalue weighted by molar-refractivity contribution is 0.345. The summed E-state index contributed by atoms with van der Waals surface area (Å²) in [6.07, 6.45) is 47.2. The van der Waals surface area contributed by atoms with Crippen LogP contribution in [0.4, 0.5) is 0 Å². The quantitative estimate of drug-likeness (QED) is 0.0618. The zero-order valence-corrected chi connectivity index (χ0v) is 27.7. The minimum Gasteiger partial charge on any atom is -0.313 e. The van der Waals surface area contributed by atoms with E-state index in [-0.39, 0.29) is 0 Å². The van der Waals surface area contributed by atoms with Crippen molar-refractivity contribution in [1.82, 2.24) is 0 Å². The molecule has 0 bridgehead atoms. The van der Waals surface area contributed by atoms with E-state index in [0.717, 1.165) is 12.8 Å². The molecule has 0 unspecified atom stereocenters. The highest BCUT2D eigenvalue weighted by molar-refractivity contribution is 4.76. The van der Waals surface area contributed by atoms with Gasteiger partial charge >= 0.3 is 0 Å². The predicted octanol–water partition coefficient (Wildman–Crippen LogP) is 12.9. The first kappa shape index (κ1) is 38.9. The van der Waals surface area contributed by atoms with Crippen molar-refractivity contribution in [3.63, 3.8) is 0 Å². The highest BCUT2D eigenvalue weighted by atomic mass is 14.9. The van der Waals surface area contributed by atoms with Gasteiger partial charge < -0.3 is 11.5 Å². The first-order chi connectivity index (χ1) is 19.1. The maximum atomic E-state index is 6.42. The molecule has 2 nitrogen and oxygen atoms in total. The largest absolute Gasteiger partial charge is 0.313 e. The van der Waals surface area contributed by atoms with Crippen LogP contribution in [0.5, 0.6) is 0 Å². The Kier molecular flexibility index (Phi) is 32.4. The number of unbranched alkanes of at least 4 members (excludes halogenated alkanes) is 30. The molecule has 0 aliphatic heterocycles. The van der Waals surface area contributed by atoms with Gasteiger partial charge in [-0.2, -0.15) is 0 Å². The third-order valence-corrected chi connectivity index (χ3v) is 8.99. The number of hydrogen-bond acceptors (Lipinski definition) is 2. The van der Waals surface area contributed by atoms with Crippen LogP contribution < -0.4 is 11.5 Å². The summed E-state index contributed by atoms with van der Waals surface area (Å²) in [7, 11) is 0. The van der Waals surface area contributed by atoms with Gasteiger partial charge in [0.2, 0.25) is 0 Å². The molecule has 0 saturated carbocycles. The molecule has 0 aliphatic carbocycles. The molecule has 0 amide bonds. The van der Waals surface area contributed by atoms with Gasteiger partial charge in [-0.15, -0.1) is 0 Å². The van der Waals surface area contributed by atoms with E-state index in [0.29, 0.717) is 0 Å². The first-order valence-electron chi connectivity index (χ1n) is 18.7. The van der Waals surface area contributed by atoms with Gasteiger partial charge in [0, 0.05) is 0 Å². The van der Waals surface area contributed by atoms with Crippen LogP contribution in [0.1, 0.15) is 232 Å². The molecule has 0 aromatic rings. The lowest BCUT2D eigenvalue weighted by Crippen LogP contribution is -2.49. The molecule has 0 heterocycles. The van der Waals surface area contributed by atoms with Crippen LogP contribution in [0.25, 0.3) is 0 Å². The second-order valence-electron chi connectivity index (χ2n) is 13.3. The van der Waals surface area contributed by atoms with Gasteiger partial charge in [-0.1, -0.05) is 219 Å². The maximum absolute atomic E-state index is 6.42. The Morgan fingerprint density at radius 2 is 0.410 bits per heavy atom. The average Bonchev–Trinajstić information content (AvgIpc) is 2.92. The second kappa shape index (κ2) is 32.4. The van der Waals surface area contributed by atoms with Crippen molar-refractivity contribution in [3.8, 4) is 0 Å². The van der Waals surface area contributed by atoms with Crippen LogP contribution in [0, 0.1) is 0 Å². The molecular formula is C37H78N2. The van der Waals surface area contributed by atoms with Crippen LogP contribution in [0.15, 0.2) is 0 Å². The van der Waals surface area contributed by atoms with E-state index in [1.807, 2.05) is 0 Å². The molecule has 4 N–H and O–H groups in total. The fraction of sp³-hybridized carbons (Fsp3) is 1.00. The lowest BCUT2D eigenvalue weighted by atomic mass is 9.95. The van der Waals surface area contributed by atoms with Crippen LogP contribution in [-0.2, 0) is 0 Å². The SMILES string of the molecule is CCCCCCCCCCCCCCCCCCC(N)(N)CCCCCCCCCCCCCCCCCC. The molecule has 0 radical (unpaired) electrons. The van der Waals surface area contributed by atoms with Crippen LogP contribution in [0.2, 0.25) is 0 Å². The molecule has 0 spiro atoms. The summed E-state index contributed by atoms with van der Waals surface area (Å²) in [5.74, 6) is 0. The van der Waals surface area contributed by atoms with Crippen molar-refractivity contribution in [2.75, 3.05) is 0 Å². The van der Waals surface area contributed by atoms with Crippen LogP contribution in [-0.4, -0.2) is 5.66 Å². The van der Waals surface area contributed by atoms with E-state index in [4.69, 9.17) is 11.5 Å². The van der Waals surface area contributed by atoms with Gasteiger partial charge in [-0.3, -0.25) is 0 Å². The standard InChI is InChI=1S/C37H78N2/c1-3-5-7-9-11-13-15-17-19-21-23-25-27-29-31-33-35-37(38,39)36-34-32-30-28-26-24-22-20-18-16-14-12-10-8-6-4-2/h3-36,38-39H2,1-2H3. The predicted molar refractivity (Wildman–Crippen MR) is 179 cm³/mol. The zero-order chi connectivity index (χ0) is 28.5. The first-order valence-corrected chi connectivity index (χ1v) is 18.7. The summed E-state index contributed by atoms with van der Waals surface area (Å²) >= 11 is 0. The Hall–Kier alpha value is -0.0800. The summed E-state index contributed by atoms with van der Waals surface area (Å²) in [5, 5.41) is 0. The van der Waals surface area contributed by atoms with E-state index in [2.05, 4.69) is 13.8 Å². The molecule has 0 rings (SSSR count). The van der Waals surface area contributed by atoms with E-state index in [1.54, 1.807) is 0 Å². The van der Waals surface area contributed by atoms with Gasteiger partial charge in [-0.25, -0.2) is 0 Å². The third-order valence-electron chi connectivity index (χ3n) is 8.99. The average molecular weight is 551 g/mol. The minimum absolute atomic E-state index is 0.425. The van der Waals surface area contributed by atoms with Gasteiger partial charge in [0.15, 0.2) is 0 Å². The van der Waals surface area contributed by atoms with Crippen molar-refractivity contribution in [1.29, 1.82) is 0 Å². The molecule has 39 heavy (non-hydrogen) atoms. The maximum Gasteiger partial charge on any atom is 0.0636 e. The van der Waals surface area contributed by atoms with Gasteiger partial charge in [0.1, 0.15) is 0 Å². The minimum atomic E-state index is -0.425. The molecule has 0 saturated heterocycles. The van der Waals surface area contributed by atoms with Gasteiger partial charge in [0.25, 0.3) is 0 Å². The van der Waals surface area contributed by atoms with Crippen LogP contribution in [0.3, 0.4) is 0 Å². The normalized spacial score (nSPS) is 12.0. The number of nitrogens with two attached hydrogens (primary N) is 2. The lowest BCUT2D eigenvalue weighted by Gasteiger charge is -2.24. The van der Waals surface area contributed by atoms with Crippen molar-refractivity contribution < 1.29 is 0 Å². The fourth-order valence-corrected chi connectivity index (χ4v) is 6.13. The summed E-state index contributed by atoms with van der Waals surface area (Å²) < 4.78 is 0. The second-order valence-corrected chi connectivity index (χ2v) is 13.3. The van der Waals surface area contributed by atoms with Crippen molar-refractivity contribution in [3.05, 3.63) is 0 Å². The molecule has 0 fully saturated rings. The highest BCUT2D eigenvalue weighted by Gasteiger charge is 2.17. The molecule has 236 valence electrons. The van der Waals surface area contributed by atoms with Crippen molar-refractivity contribution >= 4 is 0 Å². The molecule has 0 aromatic carbocycles. The molecule has 0 atom stereocenters. The summed E-state index contributed by atoms with van der Waals surface area (Å²) in [4.78, 5) is 0. The van der Waals surface area contributed by atoms with Crippen molar-refractivity contribution in [2.24, 2.45) is 11.5 Å². The topological polar surface area (TPSA) is 52.0 Å². The number of rotatable bonds is 34. The van der Waals surface area contributed by atoms with E-state index >= 15 is 0 Å². The van der Waals surface area contributed by atoms with Gasteiger partial charge in [-0.05, 0) is 12.8 Å². The summed E-state index contributed by atoms with van der Waals surface area (Å²) in [6, 6.07) is 0. The Morgan fingerprint density at radius 1 is 0.256 bits per heavy atom. The monoisotopic (exact) mass is 551 g/mol. The zero-order valence-electron chi connectivity index (χ0n) is 27.7. The van der Waals surface area contributed by atoms with E-state index in [1.165, 1.54) is 205 Å². The Labute approximate surface area is 249 Å². The summed E-state index contributed by atoms with van der Waals surface area (Å²) in [6.45, 7) is 4.60. The molecular weight excluding hydrogens is 472 g/mol. The fourth-order valence-electron chi connectivity index (χ4n) is 6.13. The van der Waals surface area contributed by atoms with E-state index in [9.17, 15) is 0 Å². The molecule has 0 aromatic heterocycles. The highest BCUT2D eigenvalue weighted by Crippen LogP contribution is 2.19. The Morgan fingerprint density at radius 3 is 0.590 bits per heavy atom. The number of hydrogen-bond donors (Lipinski definition) is 2. The van der Waals surface area contributed by atoms with E-state index < -0.39 is 5.66 Å². The van der Waals surface area contributed by atoms with Crippen molar-refractivity contribution in [2.45, 2.75) is 238 Å². The smallest absolute Gasteiger partial charge is 0.0636 e. The summed E-state index contributed by atoms with van der Waals surface area (Å²) in [5.41, 5.74) is 12.4. The van der Waals surface area contributed by atoms with Crippen LogP contribution >= 0.6 is 0 Å². The third kappa shape index (κ3) is 34.0. The Balaban J connectivity index is 3.26. The Bertz CT molecular complexity index is 395. The molecule has 0 aliphatic rings.